The van der Waals surface area contributed by atoms with E-state index in [1.54, 1.807) is 6.07 Å². The summed E-state index contributed by atoms with van der Waals surface area (Å²) in [6, 6.07) is 10.5. The molecule has 1 aliphatic heterocycles. The Labute approximate surface area is 190 Å². The van der Waals surface area contributed by atoms with Crippen LogP contribution in [0.15, 0.2) is 40.9 Å². The van der Waals surface area contributed by atoms with E-state index in [1.165, 1.54) is 12.1 Å². The van der Waals surface area contributed by atoms with Crippen LogP contribution in [-0.4, -0.2) is 34.8 Å². The number of nitrogens with zero attached hydrogens (tertiary/aromatic N) is 4. The van der Waals surface area contributed by atoms with Gasteiger partial charge in [0.15, 0.2) is 0 Å². The van der Waals surface area contributed by atoms with Gasteiger partial charge in [-0.05, 0) is 63.0 Å². The van der Waals surface area contributed by atoms with Gasteiger partial charge in [0.25, 0.3) is 0 Å². The van der Waals surface area contributed by atoms with E-state index < -0.39 is 5.82 Å². The predicted octanol–water partition coefficient (Wildman–Crippen LogP) is 5.28. The number of hydrogen-bond donors (Lipinski definition) is 2. The minimum absolute atomic E-state index is 0.0133. The van der Waals surface area contributed by atoms with Gasteiger partial charge in [0, 0.05) is 23.1 Å². The second kappa shape index (κ2) is 8.60. The van der Waals surface area contributed by atoms with Crippen molar-refractivity contribution in [1.82, 2.24) is 20.4 Å². The van der Waals surface area contributed by atoms with E-state index in [2.05, 4.69) is 20.6 Å². The number of aromatic nitrogens is 3. The minimum atomic E-state index is -0.567. The molecule has 1 fully saturated rings. The van der Waals surface area contributed by atoms with Crippen LogP contribution in [0.3, 0.4) is 0 Å². The highest BCUT2D eigenvalue weighted by Gasteiger charge is 2.18. The fourth-order valence-corrected chi connectivity index (χ4v) is 4.35. The average Bonchev–Trinajstić information content (AvgIpc) is 3.46. The van der Waals surface area contributed by atoms with Gasteiger partial charge in [0.1, 0.15) is 11.6 Å². The molecule has 33 heavy (non-hydrogen) atoms. The van der Waals surface area contributed by atoms with Crippen molar-refractivity contribution < 1.29 is 8.91 Å². The van der Waals surface area contributed by atoms with E-state index in [0.29, 0.717) is 23.1 Å². The lowest BCUT2D eigenvalue weighted by molar-refractivity contribution is 0.393. The number of rotatable bonds is 5. The number of fused-ring (bicyclic) bond motifs is 1. The van der Waals surface area contributed by atoms with Gasteiger partial charge in [0.05, 0.1) is 23.5 Å². The van der Waals surface area contributed by atoms with Crippen LogP contribution in [-0.2, 0) is 0 Å². The summed E-state index contributed by atoms with van der Waals surface area (Å²) in [4.78, 5) is 12.7. The first-order chi connectivity index (χ1) is 16.0. The first-order valence-electron chi connectivity index (χ1n) is 10.9. The van der Waals surface area contributed by atoms with Gasteiger partial charge in [-0.15, -0.1) is 0 Å². The van der Waals surface area contributed by atoms with E-state index in [0.717, 1.165) is 59.5 Å². The Morgan fingerprint density at radius 2 is 2.03 bits per heavy atom. The molecule has 8 heteroatoms. The minimum Gasteiger partial charge on any atom is -0.361 e. The first kappa shape index (κ1) is 21.0. The molecular weight excluding hydrogens is 419 g/mol. The molecular formula is C25H23FN6O. The summed E-state index contributed by atoms with van der Waals surface area (Å²) in [6.07, 6.45) is 1.11. The largest absolute Gasteiger partial charge is 0.361 e. The molecule has 3 heterocycles. The zero-order valence-electron chi connectivity index (χ0n) is 18.4. The van der Waals surface area contributed by atoms with Gasteiger partial charge in [-0.3, -0.25) is 0 Å². The Bertz CT molecular complexity index is 1360. The van der Waals surface area contributed by atoms with Gasteiger partial charge in [-0.25, -0.2) is 19.2 Å². The van der Waals surface area contributed by atoms with Crippen molar-refractivity contribution in [3.8, 4) is 22.4 Å². The summed E-state index contributed by atoms with van der Waals surface area (Å²) in [7, 11) is 0. The molecule has 2 N–H and O–H groups in total. The van der Waals surface area contributed by atoms with Gasteiger partial charge in [-0.1, -0.05) is 23.4 Å². The molecule has 7 nitrogen and oxygen atoms in total. The van der Waals surface area contributed by atoms with E-state index >= 15 is 0 Å². The topological polar surface area (TPSA) is 80.2 Å². The number of hydrogen-bond acceptors (Lipinski definition) is 6. The van der Waals surface area contributed by atoms with Crippen LogP contribution in [0, 0.1) is 32.2 Å². The molecule has 4 aromatic rings. The lowest BCUT2D eigenvalue weighted by atomic mass is 9.99. The van der Waals surface area contributed by atoms with Crippen LogP contribution in [0.2, 0.25) is 0 Å². The highest BCUT2D eigenvalue weighted by molar-refractivity contribution is 5.96. The predicted molar refractivity (Wildman–Crippen MR) is 126 cm³/mol. The van der Waals surface area contributed by atoms with E-state index in [-0.39, 0.29) is 5.69 Å². The van der Waals surface area contributed by atoms with Crippen LogP contribution >= 0.6 is 0 Å². The van der Waals surface area contributed by atoms with Crippen molar-refractivity contribution in [2.24, 2.45) is 5.92 Å². The van der Waals surface area contributed by atoms with Gasteiger partial charge in [-0.2, -0.15) is 0 Å². The van der Waals surface area contributed by atoms with E-state index in [1.807, 2.05) is 32.0 Å². The van der Waals surface area contributed by atoms with Crippen LogP contribution in [0.25, 0.3) is 38.1 Å². The van der Waals surface area contributed by atoms with Crippen molar-refractivity contribution in [2.75, 3.05) is 25.0 Å². The summed E-state index contributed by atoms with van der Waals surface area (Å²) < 4.78 is 19.8. The lowest BCUT2D eigenvalue weighted by Crippen LogP contribution is -2.18. The molecule has 2 aromatic heterocycles. The van der Waals surface area contributed by atoms with Crippen molar-refractivity contribution in [1.29, 1.82) is 0 Å². The van der Waals surface area contributed by atoms with Crippen molar-refractivity contribution in [3.63, 3.8) is 0 Å². The molecule has 0 amide bonds. The SMILES string of the molecule is [C-]#[N+]c1ccc(-c2nc(NCC3CCNC3)nc3ccc(-c4c(C)noc4C)cc23)cc1F. The summed E-state index contributed by atoms with van der Waals surface area (Å²) in [5.74, 6) is 1.18. The van der Waals surface area contributed by atoms with Gasteiger partial charge in [0.2, 0.25) is 11.6 Å². The van der Waals surface area contributed by atoms with Crippen LogP contribution < -0.4 is 10.6 Å². The standard InChI is InChI=1S/C25H23FN6O/c1-14-23(15(2)33-32-14)17-4-6-21-19(10-17)24(18-5-7-22(27-3)20(26)11-18)31-25(30-21)29-13-16-8-9-28-12-16/h4-7,10-11,16,28H,8-9,12-13H2,1-2H3,(H,29,30,31). The van der Waals surface area contributed by atoms with E-state index in [9.17, 15) is 4.39 Å². The molecule has 1 unspecified atom stereocenters. The molecule has 1 saturated heterocycles. The van der Waals surface area contributed by atoms with Gasteiger partial charge >= 0.3 is 0 Å². The maximum atomic E-state index is 14.5. The van der Waals surface area contributed by atoms with Crippen LogP contribution in [0.4, 0.5) is 16.0 Å². The summed E-state index contributed by atoms with van der Waals surface area (Å²) in [5.41, 5.74) is 4.58. The molecule has 1 atom stereocenters. The lowest BCUT2D eigenvalue weighted by Gasteiger charge is -2.14. The Morgan fingerprint density at radius 1 is 1.18 bits per heavy atom. The Hall–Kier alpha value is -3.83. The zero-order chi connectivity index (χ0) is 22.9. The summed E-state index contributed by atoms with van der Waals surface area (Å²) >= 11 is 0. The maximum absolute atomic E-state index is 14.5. The fourth-order valence-electron chi connectivity index (χ4n) is 4.35. The molecule has 0 saturated carbocycles. The molecule has 0 bridgehead atoms. The summed E-state index contributed by atoms with van der Waals surface area (Å²) in [6.45, 7) is 13.7. The quantitative estimate of drug-likeness (QED) is 0.410. The van der Waals surface area contributed by atoms with E-state index in [4.69, 9.17) is 21.1 Å². The number of benzene rings is 2. The van der Waals surface area contributed by atoms with Crippen molar-refractivity contribution >= 4 is 22.5 Å². The van der Waals surface area contributed by atoms with Crippen LogP contribution in [0.5, 0.6) is 0 Å². The normalized spacial score (nSPS) is 15.6. The van der Waals surface area contributed by atoms with Crippen LogP contribution in [0.1, 0.15) is 17.9 Å². The summed E-state index contributed by atoms with van der Waals surface area (Å²) in [5, 5.41) is 11.6. The second-order valence-electron chi connectivity index (χ2n) is 8.34. The monoisotopic (exact) mass is 442 g/mol. The molecule has 0 spiro atoms. The number of aryl methyl sites for hydroxylation is 2. The molecule has 5 rings (SSSR count). The molecule has 0 aliphatic carbocycles. The van der Waals surface area contributed by atoms with Crippen molar-refractivity contribution in [3.05, 3.63) is 65.1 Å². The maximum Gasteiger partial charge on any atom is 0.223 e. The van der Waals surface area contributed by atoms with Gasteiger partial charge < -0.3 is 15.2 Å². The molecule has 166 valence electrons. The highest BCUT2D eigenvalue weighted by atomic mass is 19.1. The highest BCUT2D eigenvalue weighted by Crippen LogP contribution is 2.35. The molecule has 2 aromatic carbocycles. The number of anilines is 1. The fraction of sp³-hybridized carbons (Fsp3) is 0.280. The molecule has 0 radical (unpaired) electrons. The number of nitrogens with one attached hydrogen (secondary N) is 2. The second-order valence-corrected chi connectivity index (χ2v) is 8.34. The average molecular weight is 442 g/mol. The Kier molecular flexibility index (Phi) is 5.48. The third-order valence-electron chi connectivity index (χ3n) is 6.07. The first-order valence-corrected chi connectivity index (χ1v) is 10.9. The third kappa shape index (κ3) is 4.03. The smallest absolute Gasteiger partial charge is 0.223 e. The third-order valence-corrected chi connectivity index (χ3v) is 6.07. The molecule has 1 aliphatic rings. The van der Waals surface area contributed by atoms with Crippen molar-refractivity contribution in [2.45, 2.75) is 20.3 Å². The number of halogens is 1. The Balaban J connectivity index is 1.64. The zero-order valence-corrected chi connectivity index (χ0v) is 18.4. The Morgan fingerprint density at radius 3 is 2.73 bits per heavy atom.